The van der Waals surface area contributed by atoms with Gasteiger partial charge in [-0.3, -0.25) is 0 Å². The monoisotopic (exact) mass is 299 g/mol. The lowest BCUT2D eigenvalue weighted by molar-refractivity contribution is -0.121. The van der Waals surface area contributed by atoms with Gasteiger partial charge in [-0.2, -0.15) is 0 Å². The summed E-state index contributed by atoms with van der Waals surface area (Å²) in [6.07, 6.45) is 1.55. The molecule has 5 heteroatoms. The van der Waals surface area contributed by atoms with Crippen molar-refractivity contribution < 1.29 is 14.2 Å². The van der Waals surface area contributed by atoms with Crippen LogP contribution in [-0.2, 0) is 9.47 Å². The Morgan fingerprint density at radius 2 is 2.10 bits per heavy atom. The average molecular weight is 300 g/mol. The Morgan fingerprint density at radius 1 is 1.40 bits per heavy atom. The van der Waals surface area contributed by atoms with Crippen LogP contribution in [0.1, 0.15) is 31.4 Å². The van der Waals surface area contributed by atoms with Gasteiger partial charge in [-0.05, 0) is 25.1 Å². The second-order valence-electron chi connectivity index (χ2n) is 4.97. The summed E-state index contributed by atoms with van der Waals surface area (Å²) >= 11 is 6.10. The number of nitrogens with two attached hydrogens (primary N) is 1. The SMILES string of the molecule is CCOC1(C(N)c2cc(Cl)ccc2OC)CCOCC1. The summed E-state index contributed by atoms with van der Waals surface area (Å²) in [5, 5.41) is 0.648. The van der Waals surface area contributed by atoms with E-state index in [2.05, 4.69) is 0 Å². The Hall–Kier alpha value is -0.810. The van der Waals surface area contributed by atoms with Crippen molar-refractivity contribution in [2.45, 2.75) is 31.4 Å². The highest BCUT2D eigenvalue weighted by molar-refractivity contribution is 6.30. The van der Waals surface area contributed by atoms with Gasteiger partial charge in [-0.15, -0.1) is 0 Å². The van der Waals surface area contributed by atoms with Gasteiger partial charge in [0.1, 0.15) is 5.75 Å². The fraction of sp³-hybridized carbons (Fsp3) is 0.600. The van der Waals surface area contributed by atoms with Crippen LogP contribution in [0, 0.1) is 0 Å². The lowest BCUT2D eigenvalue weighted by Gasteiger charge is -2.41. The first kappa shape index (κ1) is 15.6. The van der Waals surface area contributed by atoms with Gasteiger partial charge in [0.2, 0.25) is 0 Å². The topological polar surface area (TPSA) is 53.7 Å². The highest BCUT2D eigenvalue weighted by atomic mass is 35.5. The number of benzene rings is 1. The van der Waals surface area contributed by atoms with Gasteiger partial charge in [-0.1, -0.05) is 11.6 Å². The number of hydrogen-bond donors (Lipinski definition) is 1. The smallest absolute Gasteiger partial charge is 0.123 e. The Balaban J connectivity index is 2.36. The van der Waals surface area contributed by atoms with Crippen molar-refractivity contribution in [1.82, 2.24) is 0 Å². The van der Waals surface area contributed by atoms with E-state index in [0.717, 1.165) is 24.2 Å². The fourth-order valence-electron chi connectivity index (χ4n) is 2.78. The van der Waals surface area contributed by atoms with Crippen molar-refractivity contribution in [3.63, 3.8) is 0 Å². The maximum atomic E-state index is 6.52. The summed E-state index contributed by atoms with van der Waals surface area (Å²) in [5.74, 6) is 0.743. The molecule has 1 atom stereocenters. The highest BCUT2D eigenvalue weighted by Gasteiger charge is 2.41. The van der Waals surface area contributed by atoms with Crippen molar-refractivity contribution in [2.24, 2.45) is 5.73 Å². The van der Waals surface area contributed by atoms with Gasteiger partial charge in [-0.25, -0.2) is 0 Å². The van der Waals surface area contributed by atoms with Crippen LogP contribution in [0.25, 0.3) is 0 Å². The summed E-state index contributed by atoms with van der Waals surface area (Å²) in [4.78, 5) is 0. The van der Waals surface area contributed by atoms with Gasteiger partial charge >= 0.3 is 0 Å². The fourth-order valence-corrected chi connectivity index (χ4v) is 2.96. The lowest BCUT2D eigenvalue weighted by Crippen LogP contribution is -2.48. The minimum atomic E-state index is -0.412. The standard InChI is InChI=1S/C15H22ClNO3/c1-3-20-15(6-8-19-9-7-15)14(17)12-10-11(16)4-5-13(12)18-2/h4-5,10,14H,3,6-9,17H2,1-2H3. The Morgan fingerprint density at radius 3 is 2.70 bits per heavy atom. The van der Waals surface area contributed by atoms with Crippen molar-refractivity contribution in [2.75, 3.05) is 26.9 Å². The molecular weight excluding hydrogens is 278 g/mol. The predicted molar refractivity (Wildman–Crippen MR) is 79.3 cm³/mol. The van der Waals surface area contributed by atoms with Crippen molar-refractivity contribution in [1.29, 1.82) is 0 Å². The van der Waals surface area contributed by atoms with E-state index < -0.39 is 5.60 Å². The number of methoxy groups -OCH3 is 1. The van der Waals surface area contributed by atoms with Crippen LogP contribution in [0.2, 0.25) is 5.02 Å². The first-order valence-corrected chi connectivity index (χ1v) is 7.31. The molecule has 0 radical (unpaired) electrons. The molecule has 1 heterocycles. The molecule has 1 aliphatic rings. The zero-order valence-electron chi connectivity index (χ0n) is 12.0. The van der Waals surface area contributed by atoms with E-state index in [1.54, 1.807) is 13.2 Å². The molecule has 0 saturated carbocycles. The maximum Gasteiger partial charge on any atom is 0.123 e. The maximum absolute atomic E-state index is 6.52. The molecule has 0 bridgehead atoms. The molecule has 112 valence electrons. The van der Waals surface area contributed by atoms with Crippen LogP contribution < -0.4 is 10.5 Å². The van der Waals surface area contributed by atoms with Crippen molar-refractivity contribution in [3.8, 4) is 5.75 Å². The van der Waals surface area contributed by atoms with E-state index in [1.165, 1.54) is 0 Å². The molecule has 0 aromatic heterocycles. The summed E-state index contributed by atoms with van der Waals surface area (Å²) in [6, 6.07) is 5.21. The number of hydrogen-bond acceptors (Lipinski definition) is 4. The molecule has 0 amide bonds. The summed E-state index contributed by atoms with van der Waals surface area (Å²) in [7, 11) is 1.64. The molecule has 2 N–H and O–H groups in total. The van der Waals surface area contributed by atoms with E-state index in [1.807, 2.05) is 19.1 Å². The number of halogens is 1. The lowest BCUT2D eigenvalue weighted by atomic mass is 9.82. The average Bonchev–Trinajstić information content (AvgIpc) is 2.47. The second-order valence-corrected chi connectivity index (χ2v) is 5.41. The van der Waals surface area contributed by atoms with E-state index in [4.69, 9.17) is 31.5 Å². The summed E-state index contributed by atoms with van der Waals surface area (Å²) in [5.41, 5.74) is 6.99. The van der Waals surface area contributed by atoms with Crippen LogP contribution in [0.15, 0.2) is 18.2 Å². The van der Waals surface area contributed by atoms with Crippen LogP contribution in [0.5, 0.6) is 5.75 Å². The van der Waals surface area contributed by atoms with Crippen LogP contribution in [-0.4, -0.2) is 32.5 Å². The molecule has 4 nitrogen and oxygen atoms in total. The van der Waals surface area contributed by atoms with Crippen LogP contribution in [0.4, 0.5) is 0 Å². The largest absolute Gasteiger partial charge is 0.496 e. The van der Waals surface area contributed by atoms with Gasteiger partial charge in [0, 0.05) is 43.2 Å². The Bertz CT molecular complexity index is 441. The summed E-state index contributed by atoms with van der Waals surface area (Å²) in [6.45, 7) is 3.93. The van der Waals surface area contributed by atoms with E-state index in [0.29, 0.717) is 24.8 Å². The summed E-state index contributed by atoms with van der Waals surface area (Å²) < 4.78 is 16.9. The molecule has 2 rings (SSSR count). The van der Waals surface area contributed by atoms with E-state index >= 15 is 0 Å². The van der Waals surface area contributed by atoms with Crippen LogP contribution in [0.3, 0.4) is 0 Å². The molecule has 1 aliphatic heterocycles. The first-order chi connectivity index (χ1) is 9.63. The third-order valence-corrected chi connectivity index (χ3v) is 4.10. The van der Waals surface area contributed by atoms with Crippen LogP contribution >= 0.6 is 11.6 Å². The molecule has 1 aromatic carbocycles. The Kier molecular flexibility index (Phi) is 5.27. The molecule has 1 fully saturated rings. The van der Waals surface area contributed by atoms with Crippen molar-refractivity contribution in [3.05, 3.63) is 28.8 Å². The quantitative estimate of drug-likeness (QED) is 0.908. The molecule has 1 saturated heterocycles. The molecule has 1 aromatic rings. The normalized spacial score (nSPS) is 19.6. The molecule has 0 spiro atoms. The van der Waals surface area contributed by atoms with E-state index in [9.17, 15) is 0 Å². The zero-order chi connectivity index (χ0) is 14.6. The van der Waals surface area contributed by atoms with E-state index in [-0.39, 0.29) is 6.04 Å². The third kappa shape index (κ3) is 3.09. The zero-order valence-corrected chi connectivity index (χ0v) is 12.8. The van der Waals surface area contributed by atoms with Gasteiger partial charge in [0.25, 0.3) is 0 Å². The number of ether oxygens (including phenoxy) is 3. The number of rotatable bonds is 5. The molecule has 20 heavy (non-hydrogen) atoms. The van der Waals surface area contributed by atoms with Gasteiger partial charge < -0.3 is 19.9 Å². The second kappa shape index (κ2) is 6.76. The molecular formula is C15H22ClNO3. The Labute approximate surface area is 125 Å². The predicted octanol–water partition coefficient (Wildman–Crippen LogP) is 2.93. The molecule has 1 unspecified atom stereocenters. The van der Waals surface area contributed by atoms with Gasteiger partial charge in [0.05, 0.1) is 18.8 Å². The third-order valence-electron chi connectivity index (χ3n) is 3.86. The highest BCUT2D eigenvalue weighted by Crippen LogP contribution is 2.40. The molecule has 0 aliphatic carbocycles. The van der Waals surface area contributed by atoms with Gasteiger partial charge in [0.15, 0.2) is 0 Å². The first-order valence-electron chi connectivity index (χ1n) is 6.93. The minimum Gasteiger partial charge on any atom is -0.496 e. The minimum absolute atomic E-state index is 0.292. The van der Waals surface area contributed by atoms with Crippen molar-refractivity contribution >= 4 is 11.6 Å².